The molecule has 0 saturated carbocycles. The Kier molecular flexibility index (Phi) is 4.78. The molecule has 146 valence electrons. The fraction of sp³-hybridized carbons (Fsp3) is 0.0741. The molecule has 0 spiro atoms. The zero-order valence-electron chi connectivity index (χ0n) is 16.8. The summed E-state index contributed by atoms with van der Waals surface area (Å²) in [5, 5.41) is 1.16. The minimum absolute atomic E-state index is 0.753. The van der Waals surface area contributed by atoms with E-state index in [1.807, 2.05) is 24.4 Å². The molecule has 0 N–H and O–H groups in total. The van der Waals surface area contributed by atoms with Gasteiger partial charge in [0.1, 0.15) is 11.4 Å². The summed E-state index contributed by atoms with van der Waals surface area (Å²) < 4.78 is 7.71. The molecule has 0 unspecified atom stereocenters. The Morgan fingerprint density at radius 3 is 2.13 bits per heavy atom. The smallest absolute Gasteiger partial charge is 0.141 e. The Morgan fingerprint density at radius 1 is 0.733 bits per heavy atom. The highest BCUT2D eigenvalue weighted by Crippen LogP contribution is 2.41. The first kappa shape index (κ1) is 18.2. The minimum Gasteiger partial charge on any atom is -0.497 e. The van der Waals surface area contributed by atoms with E-state index < -0.39 is 0 Å². The van der Waals surface area contributed by atoms with Crippen LogP contribution in [0.2, 0.25) is 0 Å². The fourth-order valence-electron chi connectivity index (χ4n) is 4.04. The monoisotopic (exact) mass is 390 g/mol. The summed E-state index contributed by atoms with van der Waals surface area (Å²) in [5.74, 6) is 0.851. The van der Waals surface area contributed by atoms with Crippen molar-refractivity contribution in [2.45, 2.75) is 6.54 Å². The van der Waals surface area contributed by atoms with Crippen LogP contribution in [0.15, 0.2) is 103 Å². The Hall–Kier alpha value is -3.85. The normalized spacial score (nSPS) is 11.0. The first-order valence-electron chi connectivity index (χ1n) is 10.1. The molecule has 30 heavy (non-hydrogen) atoms. The third-order valence-electron chi connectivity index (χ3n) is 5.43. The number of fused-ring (bicyclic) bond motifs is 1. The number of ether oxygens (including phenoxy) is 1. The van der Waals surface area contributed by atoms with Crippen molar-refractivity contribution in [1.29, 1.82) is 0 Å². The van der Waals surface area contributed by atoms with Gasteiger partial charge in [0.2, 0.25) is 0 Å². The molecule has 5 aromatic rings. The molecule has 0 saturated heterocycles. The Labute approximate surface area is 176 Å². The van der Waals surface area contributed by atoms with Gasteiger partial charge in [-0.1, -0.05) is 60.7 Å². The highest BCUT2D eigenvalue weighted by atomic mass is 16.5. The number of hydrogen-bond donors (Lipinski definition) is 0. The Balaban J connectivity index is 1.82. The molecule has 3 heteroatoms. The summed E-state index contributed by atoms with van der Waals surface area (Å²) in [7, 11) is 1.70. The van der Waals surface area contributed by atoms with Gasteiger partial charge >= 0.3 is 0 Å². The molecule has 3 nitrogen and oxygen atoms in total. The summed E-state index contributed by atoms with van der Waals surface area (Å²) in [6, 6.07) is 33.6. The number of hydrogen-bond acceptors (Lipinski definition) is 2. The molecule has 0 fully saturated rings. The average molecular weight is 390 g/mol. The minimum atomic E-state index is 0.753. The number of methoxy groups -OCH3 is 1. The quantitative estimate of drug-likeness (QED) is 0.346. The van der Waals surface area contributed by atoms with Gasteiger partial charge in [-0.15, -0.1) is 0 Å². The van der Waals surface area contributed by atoms with Crippen molar-refractivity contribution in [2.24, 2.45) is 0 Å². The van der Waals surface area contributed by atoms with Crippen LogP contribution < -0.4 is 4.74 Å². The largest absolute Gasteiger partial charge is 0.497 e. The standard InChI is InChI=1S/C27H22N2O/c1-30-23-16-14-22(15-17-23)26-25(21-11-6-3-7-12-21)24-13-8-18-28-27(24)29(26)19-20-9-4-2-5-10-20/h2-18H,19H2,1H3. The molecule has 0 amide bonds. The first-order valence-corrected chi connectivity index (χ1v) is 10.1. The average Bonchev–Trinajstić information content (AvgIpc) is 3.14. The van der Waals surface area contributed by atoms with E-state index in [9.17, 15) is 0 Å². The summed E-state index contributed by atoms with van der Waals surface area (Å²) in [4.78, 5) is 4.78. The van der Waals surface area contributed by atoms with E-state index in [1.54, 1.807) is 7.11 Å². The molecule has 3 aromatic carbocycles. The Bertz CT molecular complexity index is 1270. The highest BCUT2D eigenvalue weighted by Gasteiger charge is 2.21. The molecule has 0 bridgehead atoms. The van der Waals surface area contributed by atoms with E-state index in [1.165, 1.54) is 22.4 Å². The molecule has 2 aromatic heterocycles. The molecule has 0 aliphatic rings. The lowest BCUT2D eigenvalue weighted by Crippen LogP contribution is -2.03. The molecule has 0 atom stereocenters. The second kappa shape index (κ2) is 7.88. The van der Waals surface area contributed by atoms with E-state index in [0.717, 1.165) is 28.9 Å². The summed E-state index contributed by atoms with van der Waals surface area (Å²) >= 11 is 0. The van der Waals surface area contributed by atoms with Crippen molar-refractivity contribution >= 4 is 11.0 Å². The molecule has 0 aliphatic heterocycles. The predicted molar refractivity (Wildman–Crippen MR) is 123 cm³/mol. The van der Waals surface area contributed by atoms with Crippen LogP contribution >= 0.6 is 0 Å². The molecule has 5 rings (SSSR count). The van der Waals surface area contributed by atoms with Gasteiger partial charge < -0.3 is 9.30 Å². The van der Waals surface area contributed by atoms with Gasteiger partial charge in [0.05, 0.1) is 12.8 Å². The third-order valence-corrected chi connectivity index (χ3v) is 5.43. The number of pyridine rings is 1. The van der Waals surface area contributed by atoms with Gasteiger partial charge in [-0.25, -0.2) is 4.98 Å². The van der Waals surface area contributed by atoms with Crippen LogP contribution in [-0.4, -0.2) is 16.7 Å². The fourth-order valence-corrected chi connectivity index (χ4v) is 4.04. The lowest BCUT2D eigenvalue weighted by atomic mass is 9.99. The van der Waals surface area contributed by atoms with Crippen LogP contribution in [0.4, 0.5) is 0 Å². The van der Waals surface area contributed by atoms with Gasteiger partial charge in [0, 0.05) is 23.7 Å². The van der Waals surface area contributed by atoms with Gasteiger partial charge in [0.15, 0.2) is 0 Å². The predicted octanol–water partition coefficient (Wildman–Crippen LogP) is 6.43. The van der Waals surface area contributed by atoms with Gasteiger partial charge in [-0.05, 0) is 53.1 Å². The van der Waals surface area contributed by atoms with Gasteiger partial charge in [0.25, 0.3) is 0 Å². The van der Waals surface area contributed by atoms with Crippen molar-refractivity contribution in [2.75, 3.05) is 7.11 Å². The maximum absolute atomic E-state index is 5.39. The van der Waals surface area contributed by atoms with Crippen molar-refractivity contribution < 1.29 is 4.74 Å². The summed E-state index contributed by atoms with van der Waals surface area (Å²) in [5.41, 5.74) is 6.94. The van der Waals surface area contributed by atoms with Gasteiger partial charge in [-0.2, -0.15) is 0 Å². The lowest BCUT2D eigenvalue weighted by molar-refractivity contribution is 0.415. The van der Waals surface area contributed by atoms with E-state index in [2.05, 4.69) is 83.4 Å². The molecule has 0 radical (unpaired) electrons. The van der Waals surface area contributed by atoms with Crippen molar-refractivity contribution in [3.05, 3.63) is 109 Å². The number of aromatic nitrogens is 2. The number of nitrogens with zero attached hydrogens (tertiary/aromatic N) is 2. The highest BCUT2D eigenvalue weighted by molar-refractivity contribution is 6.03. The molecular formula is C27H22N2O. The number of benzene rings is 3. The zero-order chi connectivity index (χ0) is 20.3. The van der Waals surface area contributed by atoms with Gasteiger partial charge in [-0.3, -0.25) is 0 Å². The van der Waals surface area contributed by atoms with E-state index in [0.29, 0.717) is 0 Å². The Morgan fingerprint density at radius 2 is 1.43 bits per heavy atom. The van der Waals surface area contributed by atoms with Crippen molar-refractivity contribution in [3.63, 3.8) is 0 Å². The lowest BCUT2D eigenvalue weighted by Gasteiger charge is -2.13. The van der Waals surface area contributed by atoms with Crippen LogP contribution in [0.25, 0.3) is 33.4 Å². The maximum atomic E-state index is 5.39. The molecule has 0 aliphatic carbocycles. The third kappa shape index (κ3) is 3.25. The second-order valence-corrected chi connectivity index (χ2v) is 7.26. The van der Waals surface area contributed by atoms with Crippen LogP contribution in [0.5, 0.6) is 5.75 Å². The van der Waals surface area contributed by atoms with Crippen LogP contribution in [0.3, 0.4) is 0 Å². The number of rotatable bonds is 5. The van der Waals surface area contributed by atoms with E-state index in [-0.39, 0.29) is 0 Å². The first-order chi connectivity index (χ1) is 14.8. The second-order valence-electron chi connectivity index (χ2n) is 7.26. The topological polar surface area (TPSA) is 27.1 Å². The van der Waals surface area contributed by atoms with Crippen LogP contribution in [0, 0.1) is 0 Å². The summed E-state index contributed by atoms with van der Waals surface area (Å²) in [6.45, 7) is 0.753. The van der Waals surface area contributed by atoms with Crippen LogP contribution in [-0.2, 0) is 6.54 Å². The van der Waals surface area contributed by atoms with Crippen LogP contribution in [0.1, 0.15) is 5.56 Å². The van der Waals surface area contributed by atoms with Crippen molar-refractivity contribution in [1.82, 2.24) is 9.55 Å². The molecular weight excluding hydrogens is 368 g/mol. The SMILES string of the molecule is COc1ccc(-c2c(-c3ccccc3)c3cccnc3n2Cc2ccccc2)cc1. The van der Waals surface area contributed by atoms with E-state index in [4.69, 9.17) is 9.72 Å². The van der Waals surface area contributed by atoms with Crippen molar-refractivity contribution in [3.8, 4) is 28.1 Å². The summed E-state index contributed by atoms with van der Waals surface area (Å²) in [6.07, 6.45) is 1.87. The maximum Gasteiger partial charge on any atom is 0.141 e. The zero-order valence-corrected chi connectivity index (χ0v) is 16.8. The molecule has 2 heterocycles. The van der Waals surface area contributed by atoms with E-state index >= 15 is 0 Å².